The summed E-state index contributed by atoms with van der Waals surface area (Å²) in [5.74, 6) is 0.430. The van der Waals surface area contributed by atoms with E-state index in [0.717, 1.165) is 9.43 Å². The molecule has 84 valence electrons. The molecule has 15 heavy (non-hydrogen) atoms. The average molecular weight is 267 g/mol. The van der Waals surface area contributed by atoms with Gasteiger partial charge in [0.15, 0.2) is 0 Å². The fourth-order valence-corrected chi connectivity index (χ4v) is 5.09. The predicted molar refractivity (Wildman–Crippen MR) is 56.7 cm³/mol. The van der Waals surface area contributed by atoms with E-state index in [0.29, 0.717) is 5.88 Å². The Bertz CT molecular complexity index is 307. The molecule has 0 aliphatic heterocycles. The van der Waals surface area contributed by atoms with E-state index in [4.69, 9.17) is 21.6 Å². The average Bonchev–Trinajstić information content (AvgIpc) is 2.33. The van der Waals surface area contributed by atoms with Gasteiger partial charge in [0.05, 0.1) is 0 Å². The van der Waals surface area contributed by atoms with Crippen LogP contribution in [0.2, 0.25) is 0 Å². The molecular formula is C10H15ClO3Ti. The minimum atomic E-state index is -3.29. The van der Waals surface area contributed by atoms with Crippen LogP contribution in [-0.2, 0) is 33.6 Å². The van der Waals surface area contributed by atoms with Crippen molar-refractivity contribution >= 4 is 15.5 Å². The van der Waals surface area contributed by atoms with E-state index < -0.39 is 17.8 Å². The summed E-state index contributed by atoms with van der Waals surface area (Å²) in [4.78, 5) is 0. The Balaban J connectivity index is 3.21. The van der Waals surface area contributed by atoms with Crippen molar-refractivity contribution in [2.24, 2.45) is 0 Å². The normalized spacial score (nSPS) is 11.7. The van der Waals surface area contributed by atoms with Crippen LogP contribution in [-0.4, -0.2) is 21.3 Å². The molecule has 1 aromatic carbocycles. The summed E-state index contributed by atoms with van der Waals surface area (Å²) in [5, 5.41) is 0. The van der Waals surface area contributed by atoms with Gasteiger partial charge < -0.3 is 0 Å². The summed E-state index contributed by atoms with van der Waals surface area (Å²) in [7, 11) is 4.83. The summed E-state index contributed by atoms with van der Waals surface area (Å²) in [6.45, 7) is 0. The molecule has 1 aromatic rings. The van der Waals surface area contributed by atoms with Crippen LogP contribution in [0.1, 0.15) is 5.56 Å². The number of hydrogen-bond acceptors (Lipinski definition) is 3. The predicted octanol–water partition coefficient (Wildman–Crippen LogP) is 1.89. The van der Waals surface area contributed by atoms with Gasteiger partial charge in [-0.15, -0.1) is 0 Å². The first-order chi connectivity index (χ1) is 7.24. The molecule has 0 amide bonds. The molecule has 1 rings (SSSR count). The fourth-order valence-electron chi connectivity index (χ4n) is 1.52. The molecule has 0 heterocycles. The third kappa shape index (κ3) is 2.62. The Labute approximate surface area is 100 Å². The van der Waals surface area contributed by atoms with Gasteiger partial charge in [-0.2, -0.15) is 0 Å². The van der Waals surface area contributed by atoms with Crippen LogP contribution in [0.5, 0.6) is 0 Å². The van der Waals surface area contributed by atoms with E-state index in [9.17, 15) is 0 Å². The summed E-state index contributed by atoms with van der Waals surface area (Å²) in [6, 6.07) is 7.78. The standard InChI is InChI=1S/C7H6Cl.3CH3O.Ti/c8-6-7-4-2-1-3-5-7;3*1-2;/h1-4H,6H2;3*1H3;/q;3*-1;+3. The molecule has 0 atom stereocenters. The molecule has 3 nitrogen and oxygen atoms in total. The molecule has 0 fully saturated rings. The second kappa shape index (κ2) is 5.99. The Hall–Kier alpha value is 0.104. The van der Waals surface area contributed by atoms with Gasteiger partial charge in [-0.3, -0.25) is 0 Å². The van der Waals surface area contributed by atoms with Crippen molar-refractivity contribution in [3.8, 4) is 0 Å². The molecular weight excluding hydrogens is 251 g/mol. The minimum absolute atomic E-state index is 0.430. The summed E-state index contributed by atoms with van der Waals surface area (Å²) in [6.07, 6.45) is 0. The van der Waals surface area contributed by atoms with Gasteiger partial charge in [0, 0.05) is 0 Å². The number of benzene rings is 1. The third-order valence-electron chi connectivity index (χ3n) is 2.30. The van der Waals surface area contributed by atoms with Gasteiger partial charge >= 0.3 is 100 Å². The molecule has 0 spiro atoms. The second-order valence-corrected chi connectivity index (χ2v) is 7.72. The maximum absolute atomic E-state index is 5.87. The van der Waals surface area contributed by atoms with Gasteiger partial charge in [-0.1, -0.05) is 0 Å². The van der Waals surface area contributed by atoms with Gasteiger partial charge in [0.25, 0.3) is 0 Å². The zero-order valence-corrected chi connectivity index (χ0v) is 11.4. The summed E-state index contributed by atoms with van der Waals surface area (Å²) in [5.41, 5.74) is 1.00. The van der Waals surface area contributed by atoms with Crippen molar-refractivity contribution in [1.82, 2.24) is 0 Å². The summed E-state index contributed by atoms with van der Waals surface area (Å²) < 4.78 is 17.3. The van der Waals surface area contributed by atoms with E-state index in [1.165, 1.54) is 0 Å². The van der Waals surface area contributed by atoms with E-state index in [1.54, 1.807) is 21.3 Å². The molecule has 0 radical (unpaired) electrons. The Morgan fingerprint density at radius 1 is 1.07 bits per heavy atom. The van der Waals surface area contributed by atoms with E-state index in [-0.39, 0.29) is 0 Å². The van der Waals surface area contributed by atoms with Crippen molar-refractivity contribution < 1.29 is 27.7 Å². The van der Waals surface area contributed by atoms with E-state index in [2.05, 4.69) is 0 Å². The first-order valence-electron chi connectivity index (χ1n) is 4.54. The fraction of sp³-hybridized carbons (Fsp3) is 0.400. The van der Waals surface area contributed by atoms with Crippen molar-refractivity contribution in [2.45, 2.75) is 5.88 Å². The third-order valence-corrected chi connectivity index (χ3v) is 6.90. The van der Waals surface area contributed by atoms with E-state index >= 15 is 0 Å². The van der Waals surface area contributed by atoms with Gasteiger partial charge in [0.1, 0.15) is 0 Å². The Morgan fingerprint density at radius 3 is 2.07 bits per heavy atom. The monoisotopic (exact) mass is 266 g/mol. The molecule has 0 aromatic heterocycles. The Morgan fingerprint density at radius 2 is 1.60 bits per heavy atom. The summed E-state index contributed by atoms with van der Waals surface area (Å²) >= 11 is 2.58. The molecule has 0 aliphatic carbocycles. The van der Waals surface area contributed by atoms with Crippen LogP contribution in [0.4, 0.5) is 0 Å². The SMILES string of the molecule is C[O][Ti]([O]C)([O]C)[c]1ccccc1CCl. The van der Waals surface area contributed by atoms with Gasteiger partial charge in [0.2, 0.25) is 0 Å². The van der Waals surface area contributed by atoms with Crippen LogP contribution in [0.3, 0.4) is 0 Å². The molecule has 0 bridgehead atoms. The number of alkyl halides is 1. The first kappa shape index (κ1) is 13.2. The van der Waals surface area contributed by atoms with Crippen LogP contribution in [0.15, 0.2) is 24.3 Å². The number of rotatable bonds is 5. The zero-order chi connectivity index (χ0) is 11.3. The molecule has 0 aliphatic rings. The van der Waals surface area contributed by atoms with Crippen molar-refractivity contribution in [3.05, 3.63) is 29.8 Å². The topological polar surface area (TPSA) is 27.7 Å². The van der Waals surface area contributed by atoms with Crippen LogP contribution < -0.4 is 3.87 Å². The Kier molecular flexibility index (Phi) is 5.26. The van der Waals surface area contributed by atoms with Crippen LogP contribution >= 0.6 is 11.6 Å². The van der Waals surface area contributed by atoms with Crippen molar-refractivity contribution in [3.63, 3.8) is 0 Å². The quantitative estimate of drug-likeness (QED) is 0.602. The molecule has 0 saturated carbocycles. The maximum atomic E-state index is 5.87. The number of halogens is 1. The van der Waals surface area contributed by atoms with Crippen molar-refractivity contribution in [2.75, 3.05) is 21.3 Å². The molecule has 0 N–H and O–H groups in total. The second-order valence-electron chi connectivity index (χ2n) is 2.96. The van der Waals surface area contributed by atoms with Crippen LogP contribution in [0, 0.1) is 0 Å². The molecule has 0 unspecified atom stereocenters. The first-order valence-corrected chi connectivity index (χ1v) is 7.76. The van der Waals surface area contributed by atoms with Gasteiger partial charge in [-0.25, -0.2) is 0 Å². The zero-order valence-electron chi connectivity index (χ0n) is 9.12. The molecule has 5 heteroatoms. The van der Waals surface area contributed by atoms with Gasteiger partial charge in [-0.05, 0) is 0 Å². The van der Waals surface area contributed by atoms with E-state index in [1.807, 2.05) is 24.3 Å². The molecule has 0 saturated heterocycles. The number of hydrogen-bond donors (Lipinski definition) is 0. The van der Waals surface area contributed by atoms with Crippen LogP contribution in [0.25, 0.3) is 0 Å². The van der Waals surface area contributed by atoms with Crippen molar-refractivity contribution in [1.29, 1.82) is 0 Å².